The molecule has 0 aromatic heterocycles. The zero-order valence-electron chi connectivity index (χ0n) is 13.7. The first-order chi connectivity index (χ1) is 12.1. The number of carbonyl (C=O) groups is 1. The Kier molecular flexibility index (Phi) is 5.29. The number of nitrogens with zero attached hydrogens (tertiary/aromatic N) is 2. The number of halogens is 1. The van der Waals surface area contributed by atoms with Crippen molar-refractivity contribution in [1.82, 2.24) is 0 Å². The molecule has 0 aliphatic carbocycles. The second-order valence-corrected chi connectivity index (χ2v) is 6.80. The van der Waals surface area contributed by atoms with Crippen molar-refractivity contribution in [3.8, 4) is 0 Å². The van der Waals surface area contributed by atoms with Crippen LogP contribution in [0.2, 0.25) is 0 Å². The van der Waals surface area contributed by atoms with Crippen LogP contribution in [0.15, 0.2) is 69.5 Å². The van der Waals surface area contributed by atoms with E-state index in [-0.39, 0.29) is 29.2 Å². The molecule has 2 aromatic rings. The number of thioether (sulfide) groups is 1. The van der Waals surface area contributed by atoms with Gasteiger partial charge in [0.05, 0.1) is 22.8 Å². The van der Waals surface area contributed by atoms with Crippen LogP contribution in [0.3, 0.4) is 0 Å². The topological polar surface area (TPSA) is 76.8 Å². The minimum absolute atomic E-state index is 0. The van der Waals surface area contributed by atoms with Crippen molar-refractivity contribution in [2.75, 3.05) is 11.4 Å². The number of aliphatic carboxylic acids is 1. The molecule has 0 spiro atoms. The van der Waals surface area contributed by atoms with Gasteiger partial charge in [-0.2, -0.15) is 0 Å². The zero-order chi connectivity index (χ0) is 17.4. The van der Waals surface area contributed by atoms with Gasteiger partial charge in [-0.1, -0.05) is 48.2 Å². The number of fused-ring (bicyclic) bond motifs is 2. The molecule has 132 valence electrons. The lowest BCUT2D eigenvalue weighted by atomic mass is 10.1. The number of para-hydroxylation sites is 1. The molecule has 7 heteroatoms. The SMILES string of the molecule is Br.N=C1N=C(C=C2Sc3ccccc3N2CCC(=O)O)c2ccccc21. The van der Waals surface area contributed by atoms with Crippen LogP contribution >= 0.6 is 28.7 Å². The predicted molar refractivity (Wildman–Crippen MR) is 110 cm³/mol. The predicted octanol–water partition coefficient (Wildman–Crippen LogP) is 4.32. The zero-order valence-corrected chi connectivity index (χ0v) is 16.2. The number of anilines is 1. The smallest absolute Gasteiger partial charge is 0.305 e. The summed E-state index contributed by atoms with van der Waals surface area (Å²) in [6.07, 6.45) is 2.01. The van der Waals surface area contributed by atoms with E-state index in [0.717, 1.165) is 32.5 Å². The number of nitrogens with one attached hydrogen (secondary N) is 1. The molecule has 2 aromatic carbocycles. The second-order valence-electron chi connectivity index (χ2n) is 5.74. The molecule has 2 aliphatic rings. The third-order valence-corrected chi connectivity index (χ3v) is 5.25. The Morgan fingerprint density at radius 2 is 1.85 bits per heavy atom. The maximum atomic E-state index is 11.0. The number of hydrogen-bond acceptors (Lipinski definition) is 4. The van der Waals surface area contributed by atoms with Gasteiger partial charge in [0.25, 0.3) is 0 Å². The first-order valence-electron chi connectivity index (χ1n) is 7.88. The average Bonchev–Trinajstić information content (AvgIpc) is 3.11. The molecule has 0 fully saturated rings. The number of carboxylic acids is 1. The number of rotatable bonds is 4. The first-order valence-corrected chi connectivity index (χ1v) is 8.70. The van der Waals surface area contributed by atoms with Crippen LogP contribution in [-0.4, -0.2) is 29.2 Å². The van der Waals surface area contributed by atoms with E-state index in [1.807, 2.05) is 59.5 Å². The van der Waals surface area contributed by atoms with E-state index >= 15 is 0 Å². The Labute approximate surface area is 165 Å². The summed E-state index contributed by atoms with van der Waals surface area (Å²) < 4.78 is 0. The average molecular weight is 430 g/mol. The molecule has 0 saturated heterocycles. The number of benzene rings is 2. The number of carboxylic acid groups (broad SMARTS) is 1. The van der Waals surface area contributed by atoms with Gasteiger partial charge < -0.3 is 10.0 Å². The fraction of sp³-hybridized carbons (Fsp3) is 0.105. The van der Waals surface area contributed by atoms with E-state index in [1.165, 1.54) is 0 Å². The molecule has 0 radical (unpaired) electrons. The van der Waals surface area contributed by atoms with Crippen LogP contribution in [0.1, 0.15) is 17.5 Å². The molecule has 2 N–H and O–H groups in total. The van der Waals surface area contributed by atoms with Crippen LogP contribution in [0, 0.1) is 5.41 Å². The number of aliphatic imine (C=N–C) groups is 1. The van der Waals surface area contributed by atoms with Crippen molar-refractivity contribution < 1.29 is 9.90 Å². The standard InChI is InChI=1S/C19H15N3O2S.BrH/c20-19-13-6-2-1-5-12(13)14(21-19)11-17-22(10-9-18(23)24)15-7-3-4-8-16(15)25-17;/h1-8,11,20H,9-10H2,(H,23,24);1H. The van der Waals surface area contributed by atoms with Crippen LogP contribution in [0.25, 0.3) is 0 Å². The first kappa shape index (κ1) is 18.4. The Hall–Kier alpha value is -2.38. The quantitative estimate of drug-likeness (QED) is 0.758. The van der Waals surface area contributed by atoms with Gasteiger partial charge in [-0.15, -0.1) is 17.0 Å². The normalized spacial score (nSPS) is 16.2. The van der Waals surface area contributed by atoms with Gasteiger partial charge in [-0.25, -0.2) is 4.99 Å². The molecule has 0 amide bonds. The van der Waals surface area contributed by atoms with E-state index in [1.54, 1.807) is 11.8 Å². The number of allylic oxidation sites excluding steroid dienone is 1. The molecule has 0 atom stereocenters. The molecular weight excluding hydrogens is 414 g/mol. The second kappa shape index (κ2) is 7.47. The van der Waals surface area contributed by atoms with Gasteiger partial charge in [0.15, 0.2) is 5.84 Å². The number of amidine groups is 1. The monoisotopic (exact) mass is 429 g/mol. The molecule has 2 heterocycles. The van der Waals surface area contributed by atoms with E-state index in [0.29, 0.717) is 6.54 Å². The minimum atomic E-state index is -0.820. The fourth-order valence-corrected chi connectivity index (χ4v) is 4.10. The van der Waals surface area contributed by atoms with Crippen molar-refractivity contribution >= 4 is 51.9 Å². The van der Waals surface area contributed by atoms with Crippen molar-refractivity contribution in [2.45, 2.75) is 11.3 Å². The van der Waals surface area contributed by atoms with Crippen molar-refractivity contribution in [2.24, 2.45) is 4.99 Å². The van der Waals surface area contributed by atoms with Crippen LogP contribution in [-0.2, 0) is 4.79 Å². The van der Waals surface area contributed by atoms with Gasteiger partial charge in [0, 0.05) is 22.6 Å². The number of hydrogen-bond donors (Lipinski definition) is 2. The van der Waals surface area contributed by atoms with E-state index in [9.17, 15) is 4.79 Å². The molecule has 0 saturated carbocycles. The highest BCUT2D eigenvalue weighted by Crippen LogP contribution is 2.46. The molecule has 0 unspecified atom stereocenters. The van der Waals surface area contributed by atoms with E-state index < -0.39 is 5.97 Å². The van der Waals surface area contributed by atoms with Gasteiger partial charge >= 0.3 is 5.97 Å². The molecule has 4 rings (SSSR count). The van der Waals surface area contributed by atoms with E-state index in [4.69, 9.17) is 10.5 Å². The summed E-state index contributed by atoms with van der Waals surface area (Å²) in [4.78, 5) is 18.5. The summed E-state index contributed by atoms with van der Waals surface area (Å²) in [6, 6.07) is 15.6. The highest BCUT2D eigenvalue weighted by molar-refractivity contribution is 8.93. The summed E-state index contributed by atoms with van der Waals surface area (Å²) in [5.41, 5.74) is 3.53. The molecular formula is C19H16BrN3O2S. The van der Waals surface area contributed by atoms with Crippen LogP contribution in [0.5, 0.6) is 0 Å². The Balaban J connectivity index is 0.00000196. The maximum Gasteiger partial charge on any atom is 0.305 e. The molecule has 0 bridgehead atoms. The molecule has 5 nitrogen and oxygen atoms in total. The third-order valence-electron chi connectivity index (χ3n) is 4.14. The highest BCUT2D eigenvalue weighted by atomic mass is 79.9. The van der Waals surface area contributed by atoms with Gasteiger partial charge in [0.2, 0.25) is 0 Å². The molecule has 26 heavy (non-hydrogen) atoms. The van der Waals surface area contributed by atoms with Crippen LogP contribution < -0.4 is 4.90 Å². The fourth-order valence-electron chi connectivity index (χ4n) is 2.98. The van der Waals surface area contributed by atoms with E-state index in [2.05, 4.69) is 4.99 Å². The van der Waals surface area contributed by atoms with Crippen molar-refractivity contribution in [1.29, 1.82) is 5.41 Å². The molecule has 2 aliphatic heterocycles. The van der Waals surface area contributed by atoms with Crippen molar-refractivity contribution in [3.63, 3.8) is 0 Å². The summed E-state index contributed by atoms with van der Waals surface area (Å²) >= 11 is 1.60. The Morgan fingerprint density at radius 3 is 2.62 bits per heavy atom. The summed E-state index contributed by atoms with van der Waals surface area (Å²) in [5.74, 6) is -0.556. The summed E-state index contributed by atoms with van der Waals surface area (Å²) in [5, 5.41) is 18.0. The highest BCUT2D eigenvalue weighted by Gasteiger charge is 2.27. The Bertz CT molecular complexity index is 955. The largest absolute Gasteiger partial charge is 0.481 e. The Morgan fingerprint density at radius 1 is 1.15 bits per heavy atom. The maximum absolute atomic E-state index is 11.0. The van der Waals surface area contributed by atoms with Crippen molar-refractivity contribution in [3.05, 3.63) is 70.8 Å². The minimum Gasteiger partial charge on any atom is -0.481 e. The summed E-state index contributed by atoms with van der Waals surface area (Å²) in [7, 11) is 0. The van der Waals surface area contributed by atoms with Crippen LogP contribution in [0.4, 0.5) is 5.69 Å². The third kappa shape index (κ3) is 3.32. The van der Waals surface area contributed by atoms with Gasteiger partial charge in [-0.05, 0) is 18.2 Å². The lowest BCUT2D eigenvalue weighted by Gasteiger charge is -2.19. The summed E-state index contributed by atoms with van der Waals surface area (Å²) in [6.45, 7) is 0.400. The van der Waals surface area contributed by atoms with Gasteiger partial charge in [0.1, 0.15) is 0 Å². The lowest BCUT2D eigenvalue weighted by molar-refractivity contribution is -0.136. The lowest BCUT2D eigenvalue weighted by Crippen LogP contribution is -2.22. The van der Waals surface area contributed by atoms with Gasteiger partial charge in [-0.3, -0.25) is 10.2 Å².